The molecule has 32 heavy (non-hydrogen) atoms. The molecule has 10 heteroatoms. The van der Waals surface area contributed by atoms with Gasteiger partial charge in [0.2, 0.25) is 0 Å². The second-order valence-corrected chi connectivity index (χ2v) is 7.69. The van der Waals surface area contributed by atoms with Gasteiger partial charge in [-0.15, -0.1) is 0 Å². The van der Waals surface area contributed by atoms with Crippen molar-refractivity contribution < 1.29 is 13.9 Å². The van der Waals surface area contributed by atoms with Crippen LogP contribution in [0.3, 0.4) is 0 Å². The van der Waals surface area contributed by atoms with E-state index in [4.69, 9.17) is 10.5 Å². The summed E-state index contributed by atoms with van der Waals surface area (Å²) in [7, 11) is 3.22. The lowest BCUT2D eigenvalue weighted by atomic mass is 10.0. The van der Waals surface area contributed by atoms with E-state index in [1.807, 2.05) is 19.9 Å². The van der Waals surface area contributed by atoms with E-state index in [0.29, 0.717) is 16.6 Å². The minimum Gasteiger partial charge on any atom is -0.488 e. The van der Waals surface area contributed by atoms with E-state index in [9.17, 15) is 14.4 Å². The third-order valence-electron chi connectivity index (χ3n) is 4.65. The molecule has 0 fully saturated rings. The number of benzene rings is 1. The van der Waals surface area contributed by atoms with Gasteiger partial charge in [-0.3, -0.25) is 4.79 Å². The summed E-state index contributed by atoms with van der Waals surface area (Å²) in [4.78, 5) is 27.1. The van der Waals surface area contributed by atoms with Crippen molar-refractivity contribution in [3.05, 3.63) is 47.2 Å². The van der Waals surface area contributed by atoms with Crippen LogP contribution in [0, 0.1) is 17.1 Å². The Morgan fingerprint density at radius 1 is 1.28 bits per heavy atom. The fraction of sp³-hybridized carbons (Fsp3) is 0.318. The average molecular weight is 437 g/mol. The van der Waals surface area contributed by atoms with Gasteiger partial charge in [0.15, 0.2) is 5.75 Å². The van der Waals surface area contributed by atoms with Crippen molar-refractivity contribution in [1.82, 2.24) is 19.9 Å². The van der Waals surface area contributed by atoms with Crippen LogP contribution in [0.15, 0.2) is 24.5 Å². The van der Waals surface area contributed by atoms with Crippen LogP contribution in [0.4, 0.5) is 16.0 Å². The molecule has 0 bridgehead atoms. The number of ether oxygens (including phenoxy) is 1. The lowest BCUT2D eigenvalue weighted by molar-refractivity contribution is 0.0823. The predicted molar refractivity (Wildman–Crippen MR) is 119 cm³/mol. The van der Waals surface area contributed by atoms with E-state index in [0.717, 1.165) is 0 Å². The standard InChI is InChI=1S/C22H24FN7O2/c1-11(2)32-19-17(22(31)30(4)5)14-8-13(23)6-7-16(14)29-18(19)12(3)28-21-15(9-24)20(25)26-10-27-21/h6-8,10-12H,1-5H3,(H3,25,26,27,28). The van der Waals surface area contributed by atoms with Gasteiger partial charge in [-0.2, -0.15) is 5.26 Å². The number of nitrogens with two attached hydrogens (primary N) is 1. The summed E-state index contributed by atoms with van der Waals surface area (Å²) in [6.07, 6.45) is 0.959. The molecule has 0 aliphatic carbocycles. The number of nitrogens with one attached hydrogen (secondary N) is 1. The molecule has 2 aromatic heterocycles. The number of nitrogens with zero attached hydrogens (tertiary/aromatic N) is 5. The fourth-order valence-corrected chi connectivity index (χ4v) is 3.21. The number of rotatable bonds is 6. The number of carbonyl (C=O) groups excluding carboxylic acids is 1. The molecule has 9 nitrogen and oxygen atoms in total. The highest BCUT2D eigenvalue weighted by Crippen LogP contribution is 2.36. The van der Waals surface area contributed by atoms with Gasteiger partial charge in [0, 0.05) is 19.5 Å². The second kappa shape index (κ2) is 9.01. The Hall–Kier alpha value is -4.00. The first-order valence-electron chi connectivity index (χ1n) is 9.92. The summed E-state index contributed by atoms with van der Waals surface area (Å²) in [6.45, 7) is 5.43. The molecule has 3 aromatic rings. The maximum absolute atomic E-state index is 14.1. The van der Waals surface area contributed by atoms with Crippen molar-refractivity contribution in [2.45, 2.75) is 32.9 Å². The van der Waals surface area contributed by atoms with Gasteiger partial charge in [0.25, 0.3) is 5.91 Å². The molecule has 1 aromatic carbocycles. The maximum atomic E-state index is 14.1. The molecule has 1 unspecified atom stereocenters. The predicted octanol–water partition coefficient (Wildman–Crippen LogP) is 3.28. The average Bonchev–Trinajstić information content (AvgIpc) is 2.72. The van der Waals surface area contributed by atoms with Gasteiger partial charge < -0.3 is 20.7 Å². The Kier molecular flexibility index (Phi) is 6.39. The summed E-state index contributed by atoms with van der Waals surface area (Å²) in [6, 6.07) is 5.49. The van der Waals surface area contributed by atoms with Gasteiger partial charge in [0.1, 0.15) is 41.1 Å². The normalized spacial score (nSPS) is 11.8. The van der Waals surface area contributed by atoms with E-state index in [-0.39, 0.29) is 40.5 Å². The topological polar surface area (TPSA) is 130 Å². The number of nitrogen functional groups attached to an aromatic ring is 1. The van der Waals surface area contributed by atoms with Crippen molar-refractivity contribution in [1.29, 1.82) is 5.26 Å². The third kappa shape index (κ3) is 4.37. The van der Waals surface area contributed by atoms with Crippen LogP contribution in [-0.2, 0) is 0 Å². The first-order valence-corrected chi connectivity index (χ1v) is 9.92. The first-order chi connectivity index (χ1) is 15.1. The molecule has 0 spiro atoms. The SMILES string of the molecule is CC(C)Oc1c(C(C)Nc2ncnc(N)c2C#N)nc2ccc(F)cc2c1C(=O)N(C)C. The lowest BCUT2D eigenvalue weighted by Gasteiger charge is -2.24. The summed E-state index contributed by atoms with van der Waals surface area (Å²) in [5, 5.41) is 12.9. The number of hydrogen-bond acceptors (Lipinski definition) is 8. The number of anilines is 2. The molecular weight excluding hydrogens is 413 g/mol. The minimum atomic E-state index is -0.548. The van der Waals surface area contributed by atoms with E-state index >= 15 is 0 Å². The van der Waals surface area contributed by atoms with Gasteiger partial charge >= 0.3 is 0 Å². The Morgan fingerprint density at radius 3 is 2.62 bits per heavy atom. The van der Waals surface area contributed by atoms with Crippen molar-refractivity contribution in [2.24, 2.45) is 0 Å². The minimum absolute atomic E-state index is 0.0428. The number of nitriles is 1. The van der Waals surface area contributed by atoms with Crippen molar-refractivity contribution in [3.63, 3.8) is 0 Å². The second-order valence-electron chi connectivity index (χ2n) is 7.69. The van der Waals surface area contributed by atoms with Gasteiger partial charge in [-0.1, -0.05) is 0 Å². The maximum Gasteiger partial charge on any atom is 0.257 e. The zero-order valence-corrected chi connectivity index (χ0v) is 18.5. The first kappa shape index (κ1) is 22.7. The Morgan fingerprint density at radius 2 is 2.00 bits per heavy atom. The molecule has 0 aliphatic rings. The molecule has 0 saturated carbocycles. The Labute approximate surface area is 185 Å². The molecule has 166 valence electrons. The van der Waals surface area contributed by atoms with Gasteiger partial charge in [0.05, 0.1) is 23.2 Å². The number of aromatic nitrogens is 3. The Balaban J connectivity index is 2.26. The van der Waals surface area contributed by atoms with Crippen LogP contribution in [0.2, 0.25) is 0 Å². The fourth-order valence-electron chi connectivity index (χ4n) is 3.21. The number of pyridine rings is 1. The number of carbonyl (C=O) groups is 1. The van der Waals surface area contributed by atoms with E-state index in [1.165, 1.54) is 29.4 Å². The molecule has 0 saturated heterocycles. The largest absolute Gasteiger partial charge is 0.488 e. The third-order valence-corrected chi connectivity index (χ3v) is 4.65. The molecule has 1 amide bonds. The monoisotopic (exact) mass is 437 g/mol. The zero-order valence-electron chi connectivity index (χ0n) is 18.5. The van der Waals surface area contributed by atoms with Crippen LogP contribution in [0.25, 0.3) is 10.9 Å². The number of fused-ring (bicyclic) bond motifs is 1. The summed E-state index contributed by atoms with van der Waals surface area (Å²) >= 11 is 0. The van der Waals surface area contributed by atoms with Crippen molar-refractivity contribution in [2.75, 3.05) is 25.1 Å². The highest BCUT2D eigenvalue weighted by atomic mass is 19.1. The van der Waals surface area contributed by atoms with E-state index < -0.39 is 11.9 Å². The zero-order chi connectivity index (χ0) is 23.6. The van der Waals surface area contributed by atoms with Crippen molar-refractivity contribution >= 4 is 28.4 Å². The molecule has 3 N–H and O–H groups in total. The van der Waals surface area contributed by atoms with Gasteiger partial charge in [-0.05, 0) is 39.0 Å². The van der Waals surface area contributed by atoms with E-state index in [2.05, 4.69) is 20.3 Å². The number of halogens is 1. The number of hydrogen-bond donors (Lipinski definition) is 2. The van der Waals surface area contributed by atoms with Crippen LogP contribution < -0.4 is 15.8 Å². The summed E-state index contributed by atoms with van der Waals surface area (Å²) < 4.78 is 20.1. The lowest BCUT2D eigenvalue weighted by Crippen LogP contribution is -2.25. The molecule has 0 radical (unpaired) electrons. The van der Waals surface area contributed by atoms with Crippen LogP contribution >= 0.6 is 0 Å². The highest BCUT2D eigenvalue weighted by molar-refractivity contribution is 6.08. The molecule has 1 atom stereocenters. The number of amides is 1. The van der Waals surface area contributed by atoms with Crippen LogP contribution in [0.1, 0.15) is 48.4 Å². The quantitative estimate of drug-likeness (QED) is 0.601. The summed E-state index contributed by atoms with van der Waals surface area (Å²) in [5.74, 6) is -0.337. The van der Waals surface area contributed by atoms with Gasteiger partial charge in [-0.25, -0.2) is 19.3 Å². The van der Waals surface area contributed by atoms with Crippen LogP contribution in [-0.4, -0.2) is 46.0 Å². The molecule has 3 rings (SSSR count). The Bertz CT molecular complexity index is 1220. The molecule has 2 heterocycles. The van der Waals surface area contributed by atoms with Crippen molar-refractivity contribution in [3.8, 4) is 11.8 Å². The molecule has 0 aliphatic heterocycles. The van der Waals surface area contributed by atoms with E-state index in [1.54, 1.807) is 21.0 Å². The molecular formula is C22H24FN7O2. The smallest absolute Gasteiger partial charge is 0.257 e. The van der Waals surface area contributed by atoms with Crippen LogP contribution in [0.5, 0.6) is 5.75 Å². The summed E-state index contributed by atoms with van der Waals surface area (Å²) in [5.41, 5.74) is 6.93. The highest BCUT2D eigenvalue weighted by Gasteiger charge is 2.27.